The number of aromatic nitrogens is 1. The van der Waals surface area contributed by atoms with E-state index < -0.39 is 0 Å². The lowest BCUT2D eigenvalue weighted by Gasteiger charge is -2.44. The number of thiazole rings is 1. The maximum atomic E-state index is 4.80. The minimum Gasteiger partial charge on any atom is -0.349 e. The summed E-state index contributed by atoms with van der Waals surface area (Å²) in [6.45, 7) is 2.77. The highest BCUT2D eigenvalue weighted by Crippen LogP contribution is 2.39. The maximum Gasteiger partial charge on any atom is 0.117 e. The molecule has 4 nitrogen and oxygen atoms in total. The molecule has 7 rings (SSSR count). The van der Waals surface area contributed by atoms with Crippen molar-refractivity contribution in [2.24, 2.45) is 4.99 Å². The number of benzene rings is 4. The highest BCUT2D eigenvalue weighted by atomic mass is 79.9. The smallest absolute Gasteiger partial charge is 0.117 e. The summed E-state index contributed by atoms with van der Waals surface area (Å²) in [5, 5.41) is 0.989. The van der Waals surface area contributed by atoms with E-state index in [4.69, 9.17) is 9.98 Å². The third-order valence-corrected chi connectivity index (χ3v) is 8.94. The first-order chi connectivity index (χ1) is 18.6. The van der Waals surface area contributed by atoms with Crippen LogP contribution in [0.5, 0.6) is 0 Å². The van der Waals surface area contributed by atoms with E-state index in [0.29, 0.717) is 0 Å². The Morgan fingerprint density at radius 2 is 1.45 bits per heavy atom. The summed E-state index contributed by atoms with van der Waals surface area (Å²) in [5.41, 5.74) is 9.56. The molecule has 0 unspecified atom stereocenters. The minimum absolute atomic E-state index is 0.908. The molecule has 0 fully saturated rings. The van der Waals surface area contributed by atoms with Crippen molar-refractivity contribution >= 4 is 88.8 Å². The fourth-order valence-corrected chi connectivity index (χ4v) is 6.70. The summed E-state index contributed by atoms with van der Waals surface area (Å²) < 4.78 is 3.35. The molecule has 186 valence electrons. The van der Waals surface area contributed by atoms with Crippen molar-refractivity contribution in [3.05, 3.63) is 115 Å². The van der Waals surface area contributed by atoms with Gasteiger partial charge in [0.05, 0.1) is 22.6 Å². The largest absolute Gasteiger partial charge is 0.349 e. The van der Waals surface area contributed by atoms with Gasteiger partial charge in [-0.3, -0.25) is 4.99 Å². The van der Waals surface area contributed by atoms with Crippen molar-refractivity contribution in [3.63, 3.8) is 0 Å². The van der Waals surface area contributed by atoms with Gasteiger partial charge in [0, 0.05) is 39.6 Å². The number of hydrogen-bond donors (Lipinski definition) is 0. The molecule has 38 heavy (non-hydrogen) atoms. The van der Waals surface area contributed by atoms with Crippen LogP contribution >= 0.6 is 43.2 Å². The molecule has 4 aromatic carbocycles. The lowest BCUT2D eigenvalue weighted by Crippen LogP contribution is -2.46. The summed E-state index contributed by atoms with van der Waals surface area (Å²) in [4.78, 5) is 14.5. The van der Waals surface area contributed by atoms with Crippen LogP contribution < -0.4 is 9.80 Å². The van der Waals surface area contributed by atoms with E-state index in [1.54, 1.807) is 11.3 Å². The van der Waals surface area contributed by atoms with Crippen LogP contribution in [0, 0.1) is 0 Å². The quantitative estimate of drug-likeness (QED) is 0.184. The fourth-order valence-electron chi connectivity index (χ4n) is 5.12. The molecular formula is C31H22Br2N4S. The van der Waals surface area contributed by atoms with Gasteiger partial charge in [-0.2, -0.15) is 0 Å². The number of hydrogen-bond acceptors (Lipinski definition) is 5. The molecule has 7 heteroatoms. The topological polar surface area (TPSA) is 31.7 Å². The van der Waals surface area contributed by atoms with E-state index in [0.717, 1.165) is 60.7 Å². The first-order valence-electron chi connectivity index (χ1n) is 12.4. The summed E-state index contributed by atoms with van der Waals surface area (Å²) in [5.74, 6) is 0. The Balaban J connectivity index is 1.10. The van der Waals surface area contributed by atoms with Gasteiger partial charge in [-0.1, -0.05) is 56.1 Å². The van der Waals surface area contributed by atoms with Crippen molar-refractivity contribution in [1.82, 2.24) is 4.98 Å². The molecule has 2 bridgehead atoms. The van der Waals surface area contributed by atoms with E-state index in [1.807, 2.05) is 24.4 Å². The third kappa shape index (κ3) is 4.70. The van der Waals surface area contributed by atoms with E-state index in [-0.39, 0.29) is 0 Å². The van der Waals surface area contributed by atoms with Crippen LogP contribution in [0.25, 0.3) is 22.4 Å². The van der Waals surface area contributed by atoms with Gasteiger partial charge in [0.15, 0.2) is 0 Å². The van der Waals surface area contributed by atoms with Gasteiger partial charge in [-0.05, 0) is 89.0 Å². The molecule has 5 aromatic rings. The van der Waals surface area contributed by atoms with Gasteiger partial charge in [-0.15, -0.1) is 11.3 Å². The second-order valence-corrected chi connectivity index (χ2v) is 12.4. The Morgan fingerprint density at radius 1 is 0.737 bits per heavy atom. The van der Waals surface area contributed by atoms with Crippen LogP contribution in [-0.4, -0.2) is 17.9 Å². The summed E-state index contributed by atoms with van der Waals surface area (Å²) in [6, 6.07) is 27.8. The second kappa shape index (κ2) is 9.80. The monoisotopic (exact) mass is 640 g/mol. The third-order valence-electron chi connectivity index (χ3n) is 6.93. The van der Waals surface area contributed by atoms with Crippen molar-refractivity contribution in [2.45, 2.75) is 13.1 Å². The predicted molar refractivity (Wildman–Crippen MR) is 168 cm³/mol. The van der Waals surface area contributed by atoms with Crippen molar-refractivity contribution in [3.8, 4) is 0 Å². The molecule has 0 radical (unpaired) electrons. The highest BCUT2D eigenvalue weighted by Gasteiger charge is 2.29. The van der Waals surface area contributed by atoms with Crippen LogP contribution in [-0.2, 0) is 13.1 Å². The average Bonchev–Trinajstić information content (AvgIpc) is 3.33. The molecule has 0 N–H and O–H groups in total. The zero-order chi connectivity index (χ0) is 25.6. The minimum atomic E-state index is 0.908. The Morgan fingerprint density at radius 3 is 2.26 bits per heavy atom. The summed E-state index contributed by atoms with van der Waals surface area (Å²) in [6.07, 6.45) is 6.14. The van der Waals surface area contributed by atoms with Crippen LogP contribution in [0.4, 0.5) is 17.1 Å². The number of aliphatic imine (C=N–C) groups is 1. The Kier molecular flexibility index (Phi) is 6.15. The van der Waals surface area contributed by atoms with Gasteiger partial charge in [0.25, 0.3) is 0 Å². The predicted octanol–water partition coefficient (Wildman–Crippen LogP) is 9.04. The Hall–Kier alpha value is -3.26. The first-order valence-corrected chi connectivity index (χ1v) is 14.8. The van der Waals surface area contributed by atoms with Gasteiger partial charge < -0.3 is 9.80 Å². The van der Waals surface area contributed by atoms with Gasteiger partial charge in [-0.25, -0.2) is 4.98 Å². The Labute approximate surface area is 242 Å². The van der Waals surface area contributed by atoms with Gasteiger partial charge in [0.1, 0.15) is 5.01 Å². The highest BCUT2D eigenvalue weighted by molar-refractivity contribution is 9.10. The number of rotatable bonds is 4. The van der Waals surface area contributed by atoms with Gasteiger partial charge >= 0.3 is 0 Å². The number of nitrogens with zero attached hydrogens (tertiary/aromatic N) is 4. The molecule has 0 spiro atoms. The normalized spacial score (nSPS) is 14.5. The molecular weight excluding hydrogens is 620 g/mol. The molecule has 0 aliphatic carbocycles. The molecule has 1 aromatic heterocycles. The summed E-state index contributed by atoms with van der Waals surface area (Å²) >= 11 is 8.79. The zero-order valence-electron chi connectivity index (χ0n) is 20.3. The molecule has 2 aliphatic heterocycles. The van der Waals surface area contributed by atoms with E-state index in [2.05, 4.69) is 114 Å². The standard InChI is InChI=1S/C31H22Br2N4S/c32-24-5-1-20(2-6-24)4-12-31-35-27-9-8-26(15-30(27)38-31)34-16-21-3-10-28-22(13-21)17-36-19-37(28)18-23-14-25(33)7-11-29(23)36/h1-16H,17-19H2/b12-4+,34-16+. The average molecular weight is 642 g/mol. The number of anilines is 2. The Bertz CT molecular complexity index is 1740. The fraction of sp³-hybridized carbons (Fsp3) is 0.0968. The lowest BCUT2D eigenvalue weighted by molar-refractivity contribution is 0.650. The molecule has 3 heterocycles. The van der Waals surface area contributed by atoms with Crippen molar-refractivity contribution in [1.29, 1.82) is 0 Å². The van der Waals surface area contributed by atoms with Crippen molar-refractivity contribution < 1.29 is 0 Å². The lowest BCUT2D eigenvalue weighted by atomic mass is 10.0. The van der Waals surface area contributed by atoms with Crippen LogP contribution in [0.15, 0.2) is 92.8 Å². The van der Waals surface area contributed by atoms with E-state index in [1.165, 1.54) is 22.5 Å². The number of halogens is 2. The molecule has 0 atom stereocenters. The summed E-state index contributed by atoms with van der Waals surface area (Å²) in [7, 11) is 0. The van der Waals surface area contributed by atoms with E-state index in [9.17, 15) is 0 Å². The van der Waals surface area contributed by atoms with Crippen LogP contribution in [0.2, 0.25) is 0 Å². The second-order valence-electron chi connectivity index (χ2n) is 9.55. The van der Waals surface area contributed by atoms with Crippen LogP contribution in [0.3, 0.4) is 0 Å². The van der Waals surface area contributed by atoms with E-state index >= 15 is 0 Å². The zero-order valence-corrected chi connectivity index (χ0v) is 24.3. The molecule has 0 saturated heterocycles. The molecule has 0 amide bonds. The first kappa shape index (κ1) is 23.8. The number of fused-ring (bicyclic) bond motifs is 7. The SMILES string of the molecule is Brc1ccc(/C=C/c2nc3ccc(/N=C/c4ccc5c(c4)CN4CN5Cc5cc(Br)ccc54)cc3s2)cc1. The maximum absolute atomic E-state index is 4.80. The molecule has 2 aliphatic rings. The van der Waals surface area contributed by atoms with Crippen LogP contribution in [0.1, 0.15) is 27.3 Å². The molecule has 0 saturated carbocycles. The van der Waals surface area contributed by atoms with Gasteiger partial charge in [0.2, 0.25) is 0 Å². The van der Waals surface area contributed by atoms with Crippen molar-refractivity contribution in [2.75, 3.05) is 16.5 Å².